The van der Waals surface area contributed by atoms with E-state index in [4.69, 9.17) is 4.99 Å². The van der Waals surface area contributed by atoms with Crippen LogP contribution < -0.4 is 5.32 Å². The maximum Gasteiger partial charge on any atom is 0.243 e. The zero-order chi connectivity index (χ0) is 21.6. The van der Waals surface area contributed by atoms with Gasteiger partial charge in [-0.15, -0.1) is 0 Å². The highest BCUT2D eigenvalue weighted by Crippen LogP contribution is 2.21. The molecule has 2 aliphatic rings. The van der Waals surface area contributed by atoms with E-state index in [-0.39, 0.29) is 5.91 Å². The van der Waals surface area contributed by atoms with Crippen molar-refractivity contribution in [1.82, 2.24) is 19.4 Å². The van der Waals surface area contributed by atoms with Gasteiger partial charge in [0.25, 0.3) is 0 Å². The van der Waals surface area contributed by atoms with Gasteiger partial charge in [0.1, 0.15) is 0 Å². The van der Waals surface area contributed by atoms with Crippen molar-refractivity contribution in [3.05, 3.63) is 29.8 Å². The molecular formula is C21H33N5O3S. The molecule has 30 heavy (non-hydrogen) atoms. The van der Waals surface area contributed by atoms with Crippen LogP contribution in [0.4, 0.5) is 0 Å². The van der Waals surface area contributed by atoms with E-state index < -0.39 is 10.0 Å². The van der Waals surface area contributed by atoms with Crippen LogP contribution in [0.2, 0.25) is 0 Å². The molecule has 9 heteroatoms. The first kappa shape index (κ1) is 22.6. The van der Waals surface area contributed by atoms with Crippen molar-refractivity contribution in [3.63, 3.8) is 0 Å². The number of benzene rings is 1. The number of piperidine rings is 1. The smallest absolute Gasteiger partial charge is 0.243 e. The van der Waals surface area contributed by atoms with Gasteiger partial charge >= 0.3 is 0 Å². The lowest BCUT2D eigenvalue weighted by molar-refractivity contribution is -0.130. The Bertz CT molecular complexity index is 857. The molecule has 2 heterocycles. The topological polar surface area (TPSA) is 85.3 Å². The molecular weight excluding hydrogens is 402 g/mol. The predicted octanol–water partition coefficient (Wildman–Crippen LogP) is 1.49. The second kappa shape index (κ2) is 10.3. The molecule has 1 aromatic rings. The highest BCUT2D eigenvalue weighted by molar-refractivity contribution is 7.89. The monoisotopic (exact) mass is 435 g/mol. The van der Waals surface area contributed by atoms with Crippen LogP contribution in [0.1, 0.15) is 38.7 Å². The second-order valence-electron chi connectivity index (χ2n) is 7.78. The maximum atomic E-state index is 13.0. The first-order valence-corrected chi connectivity index (χ1v) is 12.2. The minimum absolute atomic E-state index is 0.100. The molecule has 1 amide bonds. The van der Waals surface area contributed by atoms with Crippen molar-refractivity contribution < 1.29 is 13.2 Å². The maximum absolute atomic E-state index is 13.0. The number of sulfonamides is 1. The molecule has 166 valence electrons. The number of rotatable bonds is 5. The van der Waals surface area contributed by atoms with Gasteiger partial charge in [-0.1, -0.05) is 18.6 Å². The van der Waals surface area contributed by atoms with E-state index in [2.05, 4.69) is 10.2 Å². The highest BCUT2D eigenvalue weighted by Gasteiger charge is 2.26. The fourth-order valence-corrected chi connectivity index (χ4v) is 5.47. The van der Waals surface area contributed by atoms with Gasteiger partial charge in [0, 0.05) is 52.7 Å². The Balaban J connectivity index is 1.70. The van der Waals surface area contributed by atoms with Crippen LogP contribution in [-0.4, -0.2) is 80.2 Å². The zero-order valence-corrected chi connectivity index (χ0v) is 18.8. The van der Waals surface area contributed by atoms with Gasteiger partial charge in [-0.25, -0.2) is 13.4 Å². The molecule has 0 spiro atoms. The molecule has 0 saturated carbocycles. The lowest BCUT2D eigenvalue weighted by Gasteiger charge is -2.36. The fourth-order valence-electron chi connectivity index (χ4n) is 3.88. The highest BCUT2D eigenvalue weighted by atomic mass is 32.2. The van der Waals surface area contributed by atoms with Crippen LogP contribution in [0.3, 0.4) is 0 Å². The molecule has 0 aliphatic carbocycles. The van der Waals surface area contributed by atoms with Crippen LogP contribution >= 0.6 is 0 Å². The Morgan fingerprint density at radius 3 is 2.33 bits per heavy atom. The first-order chi connectivity index (χ1) is 14.4. The number of carbonyl (C=O) groups is 1. The number of aliphatic imine (C=N–C) groups is 1. The summed E-state index contributed by atoms with van der Waals surface area (Å²) >= 11 is 0. The first-order valence-electron chi connectivity index (χ1n) is 10.8. The summed E-state index contributed by atoms with van der Waals surface area (Å²) in [5.74, 6) is 0.897. The Labute approximate surface area is 180 Å². The van der Waals surface area contributed by atoms with E-state index >= 15 is 0 Å². The van der Waals surface area contributed by atoms with Crippen LogP contribution in [0.15, 0.2) is 34.2 Å². The van der Waals surface area contributed by atoms with Crippen molar-refractivity contribution in [2.45, 2.75) is 44.6 Å². The van der Waals surface area contributed by atoms with Gasteiger partial charge < -0.3 is 15.1 Å². The van der Waals surface area contributed by atoms with E-state index in [9.17, 15) is 13.2 Å². The number of hydrogen-bond acceptors (Lipinski definition) is 4. The van der Waals surface area contributed by atoms with Gasteiger partial charge in [0.15, 0.2) is 5.96 Å². The Morgan fingerprint density at radius 1 is 1.03 bits per heavy atom. The zero-order valence-electron chi connectivity index (χ0n) is 18.0. The van der Waals surface area contributed by atoms with Gasteiger partial charge in [-0.3, -0.25) is 4.79 Å². The third-order valence-electron chi connectivity index (χ3n) is 5.62. The lowest BCUT2D eigenvalue weighted by atomic mass is 10.2. The summed E-state index contributed by atoms with van der Waals surface area (Å²) in [6, 6.07) is 7.12. The van der Waals surface area contributed by atoms with Gasteiger partial charge in [0.05, 0.1) is 11.4 Å². The number of nitrogens with zero attached hydrogens (tertiary/aromatic N) is 4. The average Bonchev–Trinajstić information content (AvgIpc) is 2.77. The van der Waals surface area contributed by atoms with Crippen LogP contribution in [0, 0.1) is 0 Å². The Kier molecular flexibility index (Phi) is 7.71. The molecule has 2 fully saturated rings. The van der Waals surface area contributed by atoms with Gasteiger partial charge in [0.2, 0.25) is 15.9 Å². The molecule has 8 nitrogen and oxygen atoms in total. The fraction of sp³-hybridized carbons (Fsp3) is 0.619. The van der Waals surface area contributed by atoms with E-state index in [0.29, 0.717) is 37.6 Å². The van der Waals surface area contributed by atoms with Crippen LogP contribution in [-0.2, 0) is 21.4 Å². The van der Waals surface area contributed by atoms with Crippen molar-refractivity contribution in [1.29, 1.82) is 0 Å². The minimum Gasteiger partial charge on any atom is -0.357 e. The number of amides is 1. The van der Waals surface area contributed by atoms with E-state index in [1.54, 1.807) is 29.4 Å². The molecule has 3 rings (SSSR count). The third-order valence-corrected chi connectivity index (χ3v) is 7.52. The summed E-state index contributed by atoms with van der Waals surface area (Å²) in [5, 5.41) is 3.31. The summed E-state index contributed by atoms with van der Waals surface area (Å²) in [6.45, 7) is 8.79. The molecule has 0 atom stereocenters. The molecule has 1 aromatic carbocycles. The predicted molar refractivity (Wildman–Crippen MR) is 118 cm³/mol. The quantitative estimate of drug-likeness (QED) is 0.560. The Hall–Kier alpha value is -2.13. The summed E-state index contributed by atoms with van der Waals surface area (Å²) < 4.78 is 27.5. The van der Waals surface area contributed by atoms with Crippen molar-refractivity contribution in [2.75, 3.05) is 45.8 Å². The summed E-state index contributed by atoms with van der Waals surface area (Å²) in [6.07, 6.45) is 2.94. The van der Waals surface area contributed by atoms with Crippen molar-refractivity contribution >= 4 is 21.9 Å². The molecule has 0 bridgehead atoms. The molecule has 2 saturated heterocycles. The summed E-state index contributed by atoms with van der Waals surface area (Å²) in [7, 11) is -3.45. The molecule has 2 aliphatic heterocycles. The lowest BCUT2D eigenvalue weighted by Crippen LogP contribution is -2.53. The number of carbonyl (C=O) groups excluding carboxylic acids is 1. The van der Waals surface area contributed by atoms with Crippen LogP contribution in [0.25, 0.3) is 0 Å². The number of piperazine rings is 1. The largest absolute Gasteiger partial charge is 0.357 e. The van der Waals surface area contributed by atoms with E-state index in [1.807, 2.05) is 17.9 Å². The average molecular weight is 436 g/mol. The summed E-state index contributed by atoms with van der Waals surface area (Å²) in [4.78, 5) is 20.6. The SMILES string of the molecule is CCNC(=NCc1cccc(S(=O)(=O)N2CCCCC2)c1)N1CCN(C(C)=O)CC1. The second-order valence-corrected chi connectivity index (χ2v) is 9.71. The van der Waals surface area contributed by atoms with Crippen LogP contribution in [0.5, 0.6) is 0 Å². The number of hydrogen-bond donors (Lipinski definition) is 1. The standard InChI is InChI=1S/C21H33N5O3S/c1-3-22-21(25-14-12-24(13-15-25)18(2)27)23-17-19-8-7-9-20(16-19)30(28,29)26-10-5-4-6-11-26/h7-9,16H,3-6,10-15,17H2,1-2H3,(H,22,23). The third kappa shape index (κ3) is 5.51. The van der Waals surface area contributed by atoms with E-state index in [1.165, 1.54) is 0 Å². The van der Waals surface area contributed by atoms with Crippen molar-refractivity contribution in [3.8, 4) is 0 Å². The molecule has 0 aromatic heterocycles. The Morgan fingerprint density at radius 2 is 1.70 bits per heavy atom. The molecule has 0 radical (unpaired) electrons. The molecule has 1 N–H and O–H groups in total. The summed E-state index contributed by atoms with van der Waals surface area (Å²) in [5.41, 5.74) is 0.867. The van der Waals surface area contributed by atoms with Gasteiger partial charge in [-0.05, 0) is 37.5 Å². The number of nitrogens with one attached hydrogen (secondary N) is 1. The number of guanidine groups is 1. The van der Waals surface area contributed by atoms with Gasteiger partial charge in [-0.2, -0.15) is 4.31 Å². The molecule has 0 unspecified atom stereocenters. The van der Waals surface area contributed by atoms with E-state index in [0.717, 1.165) is 50.4 Å². The minimum atomic E-state index is -3.45. The normalized spacial score (nSPS) is 19.1. The van der Waals surface area contributed by atoms with Crippen molar-refractivity contribution in [2.24, 2.45) is 4.99 Å².